The van der Waals surface area contributed by atoms with Crippen molar-refractivity contribution in [3.05, 3.63) is 88.8 Å². The van der Waals surface area contributed by atoms with Crippen molar-refractivity contribution in [1.82, 2.24) is 14.9 Å². The number of nitrogens with one attached hydrogen (secondary N) is 1. The van der Waals surface area contributed by atoms with Crippen LogP contribution in [0.1, 0.15) is 51.6 Å². The first-order valence-electron chi connectivity index (χ1n) is 10.1. The summed E-state index contributed by atoms with van der Waals surface area (Å²) in [5.74, 6) is 0.562. The summed E-state index contributed by atoms with van der Waals surface area (Å²) in [6.07, 6.45) is 2.82. The summed E-state index contributed by atoms with van der Waals surface area (Å²) in [7, 11) is 0. The lowest BCUT2D eigenvalue weighted by Gasteiger charge is -2.36. The number of fused-ring (bicyclic) bond motifs is 3. The van der Waals surface area contributed by atoms with Crippen LogP contribution in [0.3, 0.4) is 0 Å². The summed E-state index contributed by atoms with van der Waals surface area (Å²) in [5, 5.41) is 1.24. The molecule has 5 heteroatoms. The zero-order valence-corrected chi connectivity index (χ0v) is 16.6. The van der Waals surface area contributed by atoms with Gasteiger partial charge in [-0.1, -0.05) is 55.0 Å². The van der Waals surface area contributed by atoms with Gasteiger partial charge in [-0.3, -0.25) is 4.79 Å². The maximum Gasteiger partial charge on any atom is 0.276 e. The smallest absolute Gasteiger partial charge is 0.276 e. The van der Waals surface area contributed by atoms with E-state index in [0.717, 1.165) is 23.2 Å². The molecular formula is C24H23N3O2. The molecule has 5 rings (SSSR count). The van der Waals surface area contributed by atoms with Gasteiger partial charge < -0.3 is 14.3 Å². The van der Waals surface area contributed by atoms with Crippen LogP contribution in [0, 0.1) is 6.92 Å². The number of aryl methyl sites for hydroxylation is 2. The molecule has 4 aromatic rings. The van der Waals surface area contributed by atoms with E-state index in [4.69, 9.17) is 4.42 Å². The highest BCUT2D eigenvalue weighted by atomic mass is 16.3. The van der Waals surface area contributed by atoms with Crippen molar-refractivity contribution in [3.8, 4) is 0 Å². The van der Waals surface area contributed by atoms with Crippen LogP contribution in [0.4, 0.5) is 0 Å². The minimum absolute atomic E-state index is 0.0774. The Balaban J connectivity index is 1.68. The number of nitrogens with zero attached hydrogens (tertiary/aromatic N) is 2. The van der Waals surface area contributed by atoms with Crippen molar-refractivity contribution < 1.29 is 9.21 Å². The van der Waals surface area contributed by atoms with E-state index >= 15 is 0 Å². The summed E-state index contributed by atoms with van der Waals surface area (Å²) < 4.78 is 5.44. The lowest BCUT2D eigenvalue weighted by molar-refractivity contribution is 0.0684. The second kappa shape index (κ2) is 6.92. The summed E-state index contributed by atoms with van der Waals surface area (Å²) in [4.78, 5) is 23.3. The van der Waals surface area contributed by atoms with Crippen LogP contribution in [-0.4, -0.2) is 27.3 Å². The van der Waals surface area contributed by atoms with Gasteiger partial charge >= 0.3 is 0 Å². The molecule has 5 nitrogen and oxygen atoms in total. The molecule has 0 unspecified atom stereocenters. The predicted octanol–water partition coefficient (Wildman–Crippen LogP) is 4.81. The average molecular weight is 385 g/mol. The summed E-state index contributed by atoms with van der Waals surface area (Å²) in [6.45, 7) is 4.70. The number of carbonyl (C=O) groups excluding carboxylic acids is 1. The number of benzene rings is 2. The molecule has 0 bridgehead atoms. The molecule has 29 heavy (non-hydrogen) atoms. The molecule has 0 fully saturated rings. The van der Waals surface area contributed by atoms with E-state index in [1.54, 1.807) is 0 Å². The van der Waals surface area contributed by atoms with E-state index in [9.17, 15) is 4.79 Å². The Hall–Kier alpha value is -3.34. The second-order valence-electron chi connectivity index (χ2n) is 7.61. The SMILES string of the molecule is CCc1ocnc1C(=O)N1CCc2c([nH]c3ccccc23)[C@H]1c1cccc(C)c1. The lowest BCUT2D eigenvalue weighted by atomic mass is 9.91. The zero-order valence-electron chi connectivity index (χ0n) is 16.6. The summed E-state index contributed by atoms with van der Waals surface area (Å²) >= 11 is 0. The monoisotopic (exact) mass is 385 g/mol. The van der Waals surface area contributed by atoms with Crippen molar-refractivity contribution in [2.45, 2.75) is 32.7 Å². The normalized spacial score (nSPS) is 16.2. The van der Waals surface area contributed by atoms with Gasteiger partial charge in [0.15, 0.2) is 12.1 Å². The van der Waals surface area contributed by atoms with Crippen molar-refractivity contribution in [2.24, 2.45) is 0 Å². The van der Waals surface area contributed by atoms with Crippen LogP contribution in [0.2, 0.25) is 0 Å². The predicted molar refractivity (Wildman–Crippen MR) is 112 cm³/mol. The van der Waals surface area contributed by atoms with Crippen molar-refractivity contribution in [1.29, 1.82) is 0 Å². The lowest BCUT2D eigenvalue weighted by Crippen LogP contribution is -2.41. The van der Waals surface area contributed by atoms with Gasteiger partial charge in [0.2, 0.25) is 0 Å². The maximum absolute atomic E-state index is 13.5. The number of aromatic nitrogens is 2. The molecule has 0 radical (unpaired) electrons. The molecule has 0 saturated carbocycles. The first-order chi connectivity index (χ1) is 14.2. The molecule has 1 atom stereocenters. The number of para-hydroxylation sites is 1. The number of hydrogen-bond acceptors (Lipinski definition) is 3. The van der Waals surface area contributed by atoms with Crippen molar-refractivity contribution >= 4 is 16.8 Å². The van der Waals surface area contributed by atoms with E-state index in [1.807, 2.05) is 17.9 Å². The molecule has 1 aliphatic heterocycles. The highest BCUT2D eigenvalue weighted by molar-refractivity contribution is 5.94. The average Bonchev–Trinajstić information content (AvgIpc) is 3.36. The number of oxazole rings is 1. The van der Waals surface area contributed by atoms with E-state index < -0.39 is 0 Å². The fourth-order valence-electron chi connectivity index (χ4n) is 4.48. The molecule has 146 valence electrons. The Bertz CT molecular complexity index is 1200. The number of H-pyrrole nitrogens is 1. The first-order valence-corrected chi connectivity index (χ1v) is 10.1. The molecule has 0 aliphatic carbocycles. The molecular weight excluding hydrogens is 362 g/mol. The largest absolute Gasteiger partial charge is 0.448 e. The second-order valence-corrected chi connectivity index (χ2v) is 7.61. The third-order valence-corrected chi connectivity index (χ3v) is 5.82. The van der Waals surface area contributed by atoms with Gasteiger partial charge in [0, 0.05) is 29.6 Å². The number of amides is 1. The van der Waals surface area contributed by atoms with E-state index in [0.29, 0.717) is 24.4 Å². The molecule has 2 aromatic heterocycles. The Labute approximate surface area is 169 Å². The molecule has 1 amide bonds. The summed E-state index contributed by atoms with van der Waals surface area (Å²) in [5.41, 5.74) is 6.20. The van der Waals surface area contributed by atoms with Gasteiger partial charge in [-0.05, 0) is 30.5 Å². The van der Waals surface area contributed by atoms with Crippen molar-refractivity contribution in [3.63, 3.8) is 0 Å². The van der Waals surface area contributed by atoms with Crippen LogP contribution >= 0.6 is 0 Å². The van der Waals surface area contributed by atoms with Gasteiger partial charge in [0.05, 0.1) is 6.04 Å². The highest BCUT2D eigenvalue weighted by Crippen LogP contribution is 2.39. The first kappa shape index (κ1) is 17.7. The minimum Gasteiger partial charge on any atom is -0.448 e. The third kappa shape index (κ3) is 2.85. The van der Waals surface area contributed by atoms with Gasteiger partial charge in [0.1, 0.15) is 5.76 Å². The Morgan fingerprint density at radius 2 is 2.10 bits per heavy atom. The molecule has 1 N–H and O–H groups in total. The molecule has 3 heterocycles. The Kier molecular flexibility index (Phi) is 4.23. The minimum atomic E-state index is -0.181. The topological polar surface area (TPSA) is 62.1 Å². The number of rotatable bonds is 3. The number of hydrogen-bond donors (Lipinski definition) is 1. The van der Waals surface area contributed by atoms with E-state index in [-0.39, 0.29) is 11.9 Å². The van der Waals surface area contributed by atoms with Crippen LogP contribution in [-0.2, 0) is 12.8 Å². The Morgan fingerprint density at radius 3 is 2.93 bits per heavy atom. The zero-order chi connectivity index (χ0) is 20.0. The quantitative estimate of drug-likeness (QED) is 0.550. The van der Waals surface area contributed by atoms with Crippen molar-refractivity contribution in [2.75, 3.05) is 6.54 Å². The number of carbonyl (C=O) groups is 1. The fraction of sp³-hybridized carbons (Fsp3) is 0.250. The van der Waals surface area contributed by atoms with E-state index in [2.05, 4.69) is 59.4 Å². The van der Waals surface area contributed by atoms with Gasteiger partial charge in [-0.15, -0.1) is 0 Å². The molecule has 2 aromatic carbocycles. The van der Waals surface area contributed by atoms with Gasteiger partial charge in [-0.25, -0.2) is 4.98 Å². The fourth-order valence-corrected chi connectivity index (χ4v) is 4.48. The van der Waals surface area contributed by atoms with Crippen LogP contribution in [0.5, 0.6) is 0 Å². The molecule has 0 saturated heterocycles. The highest BCUT2D eigenvalue weighted by Gasteiger charge is 2.36. The van der Waals surface area contributed by atoms with Gasteiger partial charge in [0.25, 0.3) is 5.91 Å². The third-order valence-electron chi connectivity index (χ3n) is 5.82. The van der Waals surface area contributed by atoms with E-state index in [1.165, 1.54) is 22.9 Å². The maximum atomic E-state index is 13.5. The standard InChI is InChI=1S/C24H23N3O2/c1-3-20-22(25-14-29-20)24(28)27-12-11-18-17-9-4-5-10-19(17)26-21(18)23(27)16-8-6-7-15(2)13-16/h4-10,13-14,23,26H,3,11-12H2,1-2H3/t23-/m1/s1. The van der Waals surface area contributed by atoms with Crippen LogP contribution < -0.4 is 0 Å². The number of aromatic amines is 1. The molecule has 1 aliphatic rings. The summed E-state index contributed by atoms with van der Waals surface area (Å²) in [6, 6.07) is 16.6. The van der Waals surface area contributed by atoms with Crippen LogP contribution in [0.15, 0.2) is 59.3 Å². The Morgan fingerprint density at radius 1 is 1.24 bits per heavy atom. The molecule has 0 spiro atoms. The van der Waals surface area contributed by atoms with Gasteiger partial charge in [-0.2, -0.15) is 0 Å². The van der Waals surface area contributed by atoms with Crippen LogP contribution in [0.25, 0.3) is 10.9 Å².